The van der Waals surface area contributed by atoms with Crippen LogP contribution in [-0.4, -0.2) is 30.9 Å². The predicted molar refractivity (Wildman–Crippen MR) is 90.5 cm³/mol. The average molecular weight is 334 g/mol. The van der Waals surface area contributed by atoms with Crippen molar-refractivity contribution in [2.75, 3.05) is 13.2 Å². The molecule has 1 rings (SSSR count). The predicted octanol–water partition coefficient (Wildman–Crippen LogP) is 3.02. The molecule has 0 atom stereocenters. The molecule has 5 heteroatoms. The van der Waals surface area contributed by atoms with Crippen molar-refractivity contribution in [1.82, 2.24) is 0 Å². The minimum atomic E-state index is -0.700. The van der Waals surface area contributed by atoms with Gasteiger partial charge in [-0.25, -0.2) is 0 Å². The Bertz CT molecular complexity index is 556. The average Bonchev–Trinajstić information content (AvgIpc) is 2.49. The highest BCUT2D eigenvalue weighted by molar-refractivity contribution is 5.76. The Morgan fingerprint density at radius 2 is 1.42 bits per heavy atom. The van der Waals surface area contributed by atoms with Crippen molar-refractivity contribution in [1.29, 1.82) is 0 Å². The van der Waals surface area contributed by atoms with Gasteiger partial charge < -0.3 is 14.3 Å². The second-order valence-corrected chi connectivity index (χ2v) is 6.42. The number of rotatable bonds is 9. The number of ketones is 1. The second kappa shape index (κ2) is 9.21. The maximum absolute atomic E-state index is 11.7. The van der Waals surface area contributed by atoms with Crippen LogP contribution in [0, 0.1) is 12.3 Å². The van der Waals surface area contributed by atoms with Crippen molar-refractivity contribution in [3.63, 3.8) is 0 Å². The highest BCUT2D eigenvalue weighted by atomic mass is 16.5. The third-order valence-electron chi connectivity index (χ3n) is 3.85. The normalized spacial score (nSPS) is 11.0. The quantitative estimate of drug-likeness (QED) is 0.649. The van der Waals surface area contributed by atoms with Crippen molar-refractivity contribution in [3.8, 4) is 0 Å². The Balaban J connectivity index is 2.92. The number of carbonyl (C=O) groups is 3. The van der Waals surface area contributed by atoms with E-state index in [-0.39, 0.29) is 25.4 Å². The van der Waals surface area contributed by atoms with Gasteiger partial charge in [-0.3, -0.25) is 9.59 Å². The molecule has 0 spiro atoms. The Labute approximate surface area is 143 Å². The second-order valence-electron chi connectivity index (χ2n) is 6.42. The van der Waals surface area contributed by atoms with Gasteiger partial charge >= 0.3 is 11.9 Å². The number of esters is 2. The van der Waals surface area contributed by atoms with Crippen LogP contribution >= 0.6 is 0 Å². The van der Waals surface area contributed by atoms with Crippen molar-refractivity contribution in [2.24, 2.45) is 5.41 Å². The molecule has 0 aliphatic heterocycles. The molecule has 0 heterocycles. The van der Waals surface area contributed by atoms with Gasteiger partial charge in [-0.2, -0.15) is 0 Å². The van der Waals surface area contributed by atoms with Crippen LogP contribution in [0.1, 0.15) is 44.7 Å². The van der Waals surface area contributed by atoms with E-state index in [1.807, 2.05) is 31.2 Å². The minimum absolute atomic E-state index is 0.0294. The monoisotopic (exact) mass is 334 g/mol. The van der Waals surface area contributed by atoms with E-state index < -0.39 is 17.4 Å². The Morgan fingerprint density at radius 1 is 0.917 bits per heavy atom. The maximum atomic E-state index is 11.7. The van der Waals surface area contributed by atoms with Crippen molar-refractivity contribution in [2.45, 2.75) is 47.0 Å². The number of benzene rings is 1. The van der Waals surface area contributed by atoms with Crippen LogP contribution in [0.15, 0.2) is 24.3 Å². The molecule has 0 saturated heterocycles. The van der Waals surface area contributed by atoms with Crippen LogP contribution < -0.4 is 0 Å². The number of hydrogen-bond donors (Lipinski definition) is 0. The van der Waals surface area contributed by atoms with Gasteiger partial charge in [-0.15, -0.1) is 0 Å². The van der Waals surface area contributed by atoms with Crippen LogP contribution in [0.25, 0.3) is 0 Å². The Morgan fingerprint density at radius 3 is 1.83 bits per heavy atom. The Hall–Kier alpha value is -2.17. The summed E-state index contributed by atoms with van der Waals surface area (Å²) in [7, 11) is 0. The molecule has 1 aromatic rings. The minimum Gasteiger partial charge on any atom is -0.465 e. The molecule has 0 saturated carbocycles. The molecule has 132 valence electrons. The zero-order valence-electron chi connectivity index (χ0n) is 14.9. The molecule has 0 aromatic heterocycles. The van der Waals surface area contributed by atoms with Gasteiger partial charge in [-0.1, -0.05) is 29.8 Å². The Kier molecular flexibility index (Phi) is 7.62. The number of carbonyl (C=O) groups excluding carboxylic acids is 3. The summed E-state index contributed by atoms with van der Waals surface area (Å²) in [4.78, 5) is 34.1. The molecule has 0 bridgehead atoms. The zero-order chi connectivity index (χ0) is 18.2. The van der Waals surface area contributed by atoms with E-state index in [1.165, 1.54) is 26.3 Å². The molecule has 0 amide bonds. The molecule has 0 radical (unpaired) electrons. The fourth-order valence-corrected chi connectivity index (χ4v) is 2.58. The summed E-state index contributed by atoms with van der Waals surface area (Å²) in [6.07, 6.45) is 1.48. The van der Waals surface area contributed by atoms with E-state index in [1.54, 1.807) is 0 Å². The summed E-state index contributed by atoms with van der Waals surface area (Å²) in [5.74, 6) is -0.861. The van der Waals surface area contributed by atoms with Gasteiger partial charge in [-0.05, 0) is 32.3 Å². The maximum Gasteiger partial charge on any atom is 0.302 e. The molecule has 5 nitrogen and oxygen atoms in total. The van der Waals surface area contributed by atoms with Gasteiger partial charge in [0.25, 0.3) is 0 Å². The molecule has 24 heavy (non-hydrogen) atoms. The fraction of sp³-hybridized carbons (Fsp3) is 0.526. The summed E-state index contributed by atoms with van der Waals surface area (Å²) < 4.78 is 10.3. The first-order chi connectivity index (χ1) is 11.2. The lowest BCUT2D eigenvalue weighted by Gasteiger charge is -2.32. The highest BCUT2D eigenvalue weighted by Crippen LogP contribution is 2.30. The van der Waals surface area contributed by atoms with Crippen LogP contribution in [0.2, 0.25) is 0 Å². The molecule has 0 unspecified atom stereocenters. The molecule has 0 aliphatic carbocycles. The number of aryl methyl sites for hydroxylation is 2. The molecular formula is C19H26O5. The van der Waals surface area contributed by atoms with E-state index >= 15 is 0 Å². The van der Waals surface area contributed by atoms with Crippen LogP contribution in [0.5, 0.6) is 0 Å². The largest absolute Gasteiger partial charge is 0.465 e. The van der Waals surface area contributed by atoms with Crippen LogP contribution in [-0.2, 0) is 30.3 Å². The van der Waals surface area contributed by atoms with Crippen molar-refractivity contribution < 1.29 is 23.9 Å². The lowest BCUT2D eigenvalue weighted by atomic mass is 9.79. The van der Waals surface area contributed by atoms with E-state index in [2.05, 4.69) is 0 Å². The molecular weight excluding hydrogens is 308 g/mol. The molecule has 0 fully saturated rings. The SMILES string of the molecule is CC(=O)CC(CCc1ccc(C)cc1)(COC(C)=O)COC(C)=O. The topological polar surface area (TPSA) is 69.7 Å². The van der Waals surface area contributed by atoms with Gasteiger partial charge in [0, 0.05) is 25.7 Å². The summed E-state index contributed by atoms with van der Waals surface area (Å²) in [5.41, 5.74) is 1.60. The lowest BCUT2D eigenvalue weighted by molar-refractivity contribution is -0.154. The third-order valence-corrected chi connectivity index (χ3v) is 3.85. The van der Waals surface area contributed by atoms with E-state index in [0.29, 0.717) is 12.8 Å². The third kappa shape index (κ3) is 7.40. The molecule has 0 N–H and O–H groups in total. The fourth-order valence-electron chi connectivity index (χ4n) is 2.58. The van der Waals surface area contributed by atoms with Gasteiger partial charge in [0.15, 0.2) is 0 Å². The first kappa shape index (κ1) is 19.9. The van der Waals surface area contributed by atoms with E-state index in [0.717, 1.165) is 5.56 Å². The summed E-state index contributed by atoms with van der Waals surface area (Å²) in [5, 5.41) is 0. The number of Topliss-reactive ketones (excluding diaryl/α,β-unsaturated/α-hetero) is 1. The summed E-state index contributed by atoms with van der Waals surface area (Å²) in [6, 6.07) is 8.12. The van der Waals surface area contributed by atoms with Gasteiger partial charge in [0.2, 0.25) is 0 Å². The van der Waals surface area contributed by atoms with Crippen LogP contribution in [0.4, 0.5) is 0 Å². The zero-order valence-corrected chi connectivity index (χ0v) is 14.9. The van der Waals surface area contributed by atoms with E-state index in [4.69, 9.17) is 9.47 Å². The van der Waals surface area contributed by atoms with Gasteiger partial charge in [0.05, 0.1) is 0 Å². The number of ether oxygens (including phenoxy) is 2. The number of hydrogen-bond acceptors (Lipinski definition) is 5. The van der Waals surface area contributed by atoms with Crippen LogP contribution in [0.3, 0.4) is 0 Å². The standard InChI is InChI=1S/C19H26O5/c1-14-5-7-18(8-6-14)9-10-19(11-15(2)20,12-23-16(3)21)13-24-17(4)22/h5-8H,9-13H2,1-4H3. The first-order valence-corrected chi connectivity index (χ1v) is 8.04. The first-order valence-electron chi connectivity index (χ1n) is 8.04. The molecule has 1 aromatic carbocycles. The highest BCUT2D eigenvalue weighted by Gasteiger charge is 2.34. The molecule has 0 aliphatic rings. The van der Waals surface area contributed by atoms with Crippen molar-refractivity contribution >= 4 is 17.7 Å². The van der Waals surface area contributed by atoms with E-state index in [9.17, 15) is 14.4 Å². The van der Waals surface area contributed by atoms with Gasteiger partial charge in [0.1, 0.15) is 19.0 Å². The lowest BCUT2D eigenvalue weighted by Crippen LogP contribution is -2.36. The summed E-state index contributed by atoms with van der Waals surface area (Å²) >= 11 is 0. The summed E-state index contributed by atoms with van der Waals surface area (Å²) in [6.45, 7) is 6.27. The smallest absolute Gasteiger partial charge is 0.302 e. The van der Waals surface area contributed by atoms with Crippen molar-refractivity contribution in [3.05, 3.63) is 35.4 Å².